The largest absolute Gasteiger partial charge is 0.339 e. The highest BCUT2D eigenvalue weighted by Crippen LogP contribution is 2.29. The number of aryl methyl sites for hydroxylation is 2. The van der Waals surface area contributed by atoms with Gasteiger partial charge in [-0.1, -0.05) is 64.1 Å². The maximum atomic E-state index is 14.6. The summed E-state index contributed by atoms with van der Waals surface area (Å²) in [5.41, 5.74) is 6.37. The zero-order valence-electron chi connectivity index (χ0n) is 24.2. The first-order chi connectivity index (χ1) is 19.4. The fourth-order valence-electron chi connectivity index (χ4n) is 5.81. The van der Waals surface area contributed by atoms with E-state index in [9.17, 15) is 9.59 Å². The van der Waals surface area contributed by atoms with Crippen molar-refractivity contribution in [3.63, 3.8) is 0 Å². The fourth-order valence-corrected chi connectivity index (χ4v) is 5.81. The van der Waals surface area contributed by atoms with Crippen LogP contribution < -0.4 is 5.56 Å². The van der Waals surface area contributed by atoms with Crippen LogP contribution in [0.4, 0.5) is 0 Å². The molecule has 0 bridgehead atoms. The SMILES string of the molecule is CCc1cccc(CC)c1-n1c(CC(C)C)c(C(=O)N2CCCCC2)cc(-c2ccn(-c3ccccc3)n2)c1=O. The molecular formula is C34H40N4O2. The van der Waals surface area contributed by atoms with Crippen molar-refractivity contribution in [2.24, 2.45) is 5.92 Å². The Bertz CT molecular complexity index is 1520. The lowest BCUT2D eigenvalue weighted by molar-refractivity contribution is 0.0722. The summed E-state index contributed by atoms with van der Waals surface area (Å²) in [5.74, 6) is 0.278. The van der Waals surface area contributed by atoms with Crippen molar-refractivity contribution in [2.45, 2.75) is 66.2 Å². The molecule has 6 nitrogen and oxygen atoms in total. The number of carbonyl (C=O) groups excluding carboxylic acids is 1. The first kappa shape index (κ1) is 27.6. The van der Waals surface area contributed by atoms with Crippen LogP contribution in [0.15, 0.2) is 71.7 Å². The second kappa shape index (κ2) is 12.1. The summed E-state index contributed by atoms with van der Waals surface area (Å²) in [6.45, 7) is 10.0. The van der Waals surface area contributed by atoms with E-state index in [-0.39, 0.29) is 17.4 Å². The van der Waals surface area contributed by atoms with Crippen molar-refractivity contribution in [1.82, 2.24) is 19.2 Å². The fraction of sp³-hybridized carbons (Fsp3) is 0.382. The molecule has 4 aromatic rings. The monoisotopic (exact) mass is 536 g/mol. The predicted octanol–water partition coefficient (Wildman–Crippen LogP) is 6.64. The number of pyridine rings is 1. The summed E-state index contributed by atoms with van der Waals surface area (Å²) in [7, 11) is 0. The molecule has 3 heterocycles. The molecule has 40 heavy (non-hydrogen) atoms. The second-order valence-corrected chi connectivity index (χ2v) is 11.1. The van der Waals surface area contributed by atoms with Crippen molar-refractivity contribution in [1.29, 1.82) is 0 Å². The van der Waals surface area contributed by atoms with E-state index in [4.69, 9.17) is 5.10 Å². The van der Waals surface area contributed by atoms with Crippen LogP contribution in [0.5, 0.6) is 0 Å². The minimum Gasteiger partial charge on any atom is -0.339 e. The normalized spacial score (nSPS) is 13.7. The number of benzene rings is 2. The van der Waals surface area contributed by atoms with Gasteiger partial charge >= 0.3 is 0 Å². The predicted molar refractivity (Wildman–Crippen MR) is 162 cm³/mol. The van der Waals surface area contributed by atoms with E-state index >= 15 is 0 Å². The van der Waals surface area contributed by atoms with Gasteiger partial charge in [-0.15, -0.1) is 0 Å². The summed E-state index contributed by atoms with van der Waals surface area (Å²) in [6, 6.07) is 19.8. The van der Waals surface area contributed by atoms with Gasteiger partial charge in [0.1, 0.15) is 0 Å². The lowest BCUT2D eigenvalue weighted by atomic mass is 9.96. The molecule has 5 rings (SSSR count). The third kappa shape index (κ3) is 5.40. The Morgan fingerprint density at radius 3 is 2.20 bits per heavy atom. The molecule has 0 spiro atoms. The third-order valence-corrected chi connectivity index (χ3v) is 7.85. The molecule has 0 aliphatic carbocycles. The summed E-state index contributed by atoms with van der Waals surface area (Å²) in [5, 5.41) is 4.81. The van der Waals surface area contributed by atoms with Gasteiger partial charge in [-0.2, -0.15) is 5.10 Å². The quantitative estimate of drug-likeness (QED) is 0.254. The number of hydrogen-bond acceptors (Lipinski definition) is 3. The number of rotatable bonds is 8. The molecule has 0 radical (unpaired) electrons. The smallest absolute Gasteiger partial charge is 0.264 e. The zero-order chi connectivity index (χ0) is 28.2. The highest BCUT2D eigenvalue weighted by Gasteiger charge is 2.28. The Balaban J connectivity index is 1.81. The van der Waals surface area contributed by atoms with Crippen LogP contribution in [0.3, 0.4) is 0 Å². The van der Waals surface area contributed by atoms with E-state index in [1.54, 1.807) is 4.68 Å². The van der Waals surface area contributed by atoms with E-state index in [1.165, 1.54) is 0 Å². The molecule has 0 unspecified atom stereocenters. The molecule has 0 N–H and O–H groups in total. The van der Waals surface area contributed by atoms with Crippen molar-refractivity contribution >= 4 is 5.91 Å². The number of hydrogen-bond donors (Lipinski definition) is 0. The molecule has 1 amide bonds. The van der Waals surface area contributed by atoms with Gasteiger partial charge in [0, 0.05) is 25.0 Å². The lowest BCUT2D eigenvalue weighted by Gasteiger charge is -2.29. The second-order valence-electron chi connectivity index (χ2n) is 11.1. The van der Waals surface area contributed by atoms with Crippen LogP contribution in [0.25, 0.3) is 22.6 Å². The number of piperidine rings is 1. The molecule has 1 aliphatic heterocycles. The number of likely N-dealkylation sites (tertiary alicyclic amines) is 1. The molecule has 2 aromatic heterocycles. The Morgan fingerprint density at radius 1 is 0.900 bits per heavy atom. The number of para-hydroxylation sites is 2. The van der Waals surface area contributed by atoms with Crippen LogP contribution in [-0.2, 0) is 19.3 Å². The average Bonchev–Trinajstić information content (AvgIpc) is 3.47. The van der Waals surface area contributed by atoms with Crippen molar-refractivity contribution in [3.05, 3.63) is 99.6 Å². The minimum atomic E-state index is -0.125. The minimum absolute atomic E-state index is 0.0138. The van der Waals surface area contributed by atoms with Gasteiger partial charge in [-0.25, -0.2) is 4.68 Å². The number of amides is 1. The van der Waals surface area contributed by atoms with Crippen LogP contribution in [0.1, 0.15) is 74.1 Å². The van der Waals surface area contributed by atoms with E-state index < -0.39 is 0 Å². The van der Waals surface area contributed by atoms with Gasteiger partial charge in [0.05, 0.1) is 28.2 Å². The molecule has 0 atom stereocenters. The van der Waals surface area contributed by atoms with Crippen molar-refractivity contribution < 1.29 is 4.79 Å². The third-order valence-electron chi connectivity index (χ3n) is 7.85. The Kier molecular flexibility index (Phi) is 8.34. The first-order valence-electron chi connectivity index (χ1n) is 14.7. The highest BCUT2D eigenvalue weighted by molar-refractivity contribution is 5.96. The molecule has 6 heteroatoms. The van der Waals surface area contributed by atoms with Gasteiger partial charge < -0.3 is 4.90 Å². The van der Waals surface area contributed by atoms with Gasteiger partial charge in [0.25, 0.3) is 11.5 Å². The maximum absolute atomic E-state index is 14.6. The number of nitrogens with zero attached hydrogens (tertiary/aromatic N) is 4. The standard InChI is InChI=1S/C34H40N4O2/c1-5-25-14-13-15-26(6-2)32(25)38-31(22-24(3)4)29(33(39)36-19-11-8-12-20-36)23-28(34(38)40)30-18-21-37(35-30)27-16-9-7-10-17-27/h7,9-10,13-18,21,23-24H,5-6,8,11-12,19-20,22H2,1-4H3. The summed E-state index contributed by atoms with van der Waals surface area (Å²) in [4.78, 5) is 30.8. The van der Waals surface area contributed by atoms with E-state index in [2.05, 4.69) is 45.9 Å². The van der Waals surface area contributed by atoms with Crippen molar-refractivity contribution in [2.75, 3.05) is 13.1 Å². The van der Waals surface area contributed by atoms with Crippen LogP contribution >= 0.6 is 0 Å². The van der Waals surface area contributed by atoms with Crippen LogP contribution in [-0.4, -0.2) is 38.2 Å². The molecular weight excluding hydrogens is 496 g/mol. The number of aromatic nitrogens is 3. The summed E-state index contributed by atoms with van der Waals surface area (Å²) < 4.78 is 3.65. The van der Waals surface area contributed by atoms with Crippen LogP contribution in [0, 0.1) is 5.92 Å². The molecule has 1 aliphatic rings. The maximum Gasteiger partial charge on any atom is 0.264 e. The first-order valence-corrected chi connectivity index (χ1v) is 14.7. The number of carbonyl (C=O) groups is 1. The molecule has 0 saturated carbocycles. The molecule has 2 aromatic carbocycles. The molecule has 1 saturated heterocycles. The van der Waals surface area contributed by atoms with Crippen molar-refractivity contribution in [3.8, 4) is 22.6 Å². The van der Waals surface area contributed by atoms with Gasteiger partial charge in [-0.3, -0.25) is 14.2 Å². The average molecular weight is 537 g/mol. The van der Waals surface area contributed by atoms with E-state index in [0.717, 1.165) is 73.4 Å². The summed E-state index contributed by atoms with van der Waals surface area (Å²) in [6.07, 6.45) is 7.26. The van der Waals surface area contributed by atoms with E-state index in [0.29, 0.717) is 23.2 Å². The van der Waals surface area contributed by atoms with Gasteiger partial charge in [0.15, 0.2) is 0 Å². The Hall–Kier alpha value is -3.93. The molecule has 208 valence electrons. The van der Waals surface area contributed by atoms with E-state index in [1.807, 2.05) is 58.1 Å². The summed E-state index contributed by atoms with van der Waals surface area (Å²) >= 11 is 0. The Morgan fingerprint density at radius 2 is 1.57 bits per heavy atom. The van der Waals surface area contributed by atoms with Crippen LogP contribution in [0.2, 0.25) is 0 Å². The highest BCUT2D eigenvalue weighted by atomic mass is 16.2. The zero-order valence-corrected chi connectivity index (χ0v) is 24.2. The lowest BCUT2D eigenvalue weighted by Crippen LogP contribution is -2.38. The molecule has 1 fully saturated rings. The van der Waals surface area contributed by atoms with Gasteiger partial charge in [-0.05, 0) is 79.8 Å². The topological polar surface area (TPSA) is 60.1 Å². The Labute approximate surface area is 237 Å². The van der Waals surface area contributed by atoms with Gasteiger partial charge in [0.2, 0.25) is 0 Å².